The fraction of sp³-hybridized carbons (Fsp3) is 0.222. The molecule has 0 amide bonds. The minimum atomic E-state index is -0.565. The Labute approximate surface area is 156 Å². The van der Waals surface area contributed by atoms with Gasteiger partial charge in [-0.15, -0.1) is 0 Å². The molecule has 1 aromatic heterocycles. The molecule has 1 aliphatic heterocycles. The van der Waals surface area contributed by atoms with E-state index < -0.39 is 5.60 Å². The lowest BCUT2D eigenvalue weighted by Gasteiger charge is -2.36. The van der Waals surface area contributed by atoms with Crippen LogP contribution in [0.3, 0.4) is 0 Å². The molecule has 0 atom stereocenters. The lowest BCUT2D eigenvalue weighted by atomic mass is 9.90. The van der Waals surface area contributed by atoms with Crippen molar-refractivity contribution in [3.05, 3.63) is 66.5 Å². The third kappa shape index (κ3) is 2.72. The molecule has 3 rings (SSSR count). The Morgan fingerprint density at radius 2 is 1.96 bits per heavy atom. The van der Waals surface area contributed by atoms with Crippen LogP contribution in [-0.2, 0) is 0 Å². The standard InChI is InChI=1S/C18H14Br2N2O2/c1-10-16(22-9-12(19)7-14(20)17(22)23)13-6-11(8-21)4-5-15(13)24-18(10,2)3/h4-7,9H,1-3H3. The Hall–Kier alpha value is -1.84. The fourth-order valence-electron chi connectivity index (χ4n) is 2.71. The van der Waals surface area contributed by atoms with Gasteiger partial charge < -0.3 is 4.74 Å². The van der Waals surface area contributed by atoms with Crippen LogP contribution in [0.5, 0.6) is 5.75 Å². The smallest absolute Gasteiger partial charge is 0.269 e. The van der Waals surface area contributed by atoms with Crippen LogP contribution in [0.25, 0.3) is 5.70 Å². The van der Waals surface area contributed by atoms with E-state index in [0.29, 0.717) is 15.8 Å². The van der Waals surface area contributed by atoms with Gasteiger partial charge in [-0.2, -0.15) is 5.26 Å². The minimum Gasteiger partial charge on any atom is -0.483 e. The Balaban J connectivity index is 2.41. The first-order valence-electron chi connectivity index (χ1n) is 7.27. The lowest BCUT2D eigenvalue weighted by Crippen LogP contribution is -2.36. The van der Waals surface area contributed by atoms with E-state index >= 15 is 0 Å². The first-order chi connectivity index (χ1) is 11.2. The molecule has 0 unspecified atom stereocenters. The highest BCUT2D eigenvalue weighted by Gasteiger charge is 2.34. The molecular weight excluding hydrogens is 436 g/mol. The highest BCUT2D eigenvalue weighted by molar-refractivity contribution is 9.11. The highest BCUT2D eigenvalue weighted by Crippen LogP contribution is 2.41. The van der Waals surface area contributed by atoms with Gasteiger partial charge in [-0.3, -0.25) is 9.36 Å². The monoisotopic (exact) mass is 448 g/mol. The molecule has 2 aromatic rings. The van der Waals surface area contributed by atoms with Crippen LogP contribution in [0.2, 0.25) is 0 Å². The summed E-state index contributed by atoms with van der Waals surface area (Å²) in [5.41, 5.74) is 2.17. The van der Waals surface area contributed by atoms with Crippen LogP contribution in [-0.4, -0.2) is 10.2 Å². The molecule has 0 saturated heterocycles. The third-order valence-corrected chi connectivity index (χ3v) is 5.17. The number of halogens is 2. The summed E-state index contributed by atoms with van der Waals surface area (Å²) in [6.45, 7) is 5.86. The average molecular weight is 450 g/mol. The number of fused-ring (bicyclic) bond motifs is 1. The number of rotatable bonds is 1. The zero-order valence-electron chi connectivity index (χ0n) is 13.4. The molecule has 0 spiro atoms. The maximum absolute atomic E-state index is 12.7. The number of nitrogens with zero attached hydrogens (tertiary/aromatic N) is 2. The van der Waals surface area contributed by atoms with E-state index in [-0.39, 0.29) is 5.56 Å². The number of hydrogen-bond donors (Lipinski definition) is 0. The van der Waals surface area contributed by atoms with Crippen molar-refractivity contribution in [1.29, 1.82) is 5.26 Å². The molecule has 1 aromatic carbocycles. The van der Waals surface area contributed by atoms with Gasteiger partial charge in [0.05, 0.1) is 21.8 Å². The van der Waals surface area contributed by atoms with Crippen molar-refractivity contribution in [1.82, 2.24) is 4.57 Å². The van der Waals surface area contributed by atoms with Gasteiger partial charge in [0, 0.05) is 16.2 Å². The predicted molar refractivity (Wildman–Crippen MR) is 100.0 cm³/mol. The Morgan fingerprint density at radius 3 is 2.62 bits per heavy atom. The van der Waals surface area contributed by atoms with Gasteiger partial charge in [-0.05, 0) is 82.5 Å². The van der Waals surface area contributed by atoms with Gasteiger partial charge >= 0.3 is 0 Å². The quantitative estimate of drug-likeness (QED) is 0.634. The molecule has 0 aliphatic carbocycles. The maximum atomic E-state index is 12.7. The fourth-order valence-corrected chi connectivity index (χ4v) is 3.88. The Morgan fingerprint density at radius 1 is 1.25 bits per heavy atom. The first kappa shape index (κ1) is 17.0. The first-order valence-corrected chi connectivity index (χ1v) is 8.86. The zero-order valence-corrected chi connectivity index (χ0v) is 16.5. The molecule has 0 radical (unpaired) electrons. The second-order valence-electron chi connectivity index (χ2n) is 6.09. The van der Waals surface area contributed by atoms with E-state index in [1.165, 1.54) is 0 Å². The number of aromatic nitrogens is 1. The number of pyridine rings is 1. The molecule has 2 heterocycles. The second-order valence-corrected chi connectivity index (χ2v) is 7.86. The van der Waals surface area contributed by atoms with Crippen molar-refractivity contribution in [2.24, 2.45) is 0 Å². The van der Waals surface area contributed by atoms with Crippen LogP contribution in [0.1, 0.15) is 31.9 Å². The van der Waals surface area contributed by atoms with Crippen molar-refractivity contribution in [2.45, 2.75) is 26.4 Å². The number of nitriles is 1. The summed E-state index contributed by atoms with van der Waals surface area (Å²) in [5.74, 6) is 0.655. The number of hydrogen-bond acceptors (Lipinski definition) is 3. The topological polar surface area (TPSA) is 55.0 Å². The average Bonchev–Trinajstić information content (AvgIpc) is 2.52. The predicted octanol–water partition coefficient (Wildman–Crippen LogP) is 4.70. The number of ether oxygens (including phenoxy) is 1. The van der Waals surface area contributed by atoms with Crippen molar-refractivity contribution in [3.63, 3.8) is 0 Å². The summed E-state index contributed by atoms with van der Waals surface area (Å²) in [7, 11) is 0. The SMILES string of the molecule is CC1=C(n2cc(Br)cc(Br)c2=O)c2cc(C#N)ccc2OC1(C)C. The van der Waals surface area contributed by atoms with Crippen LogP contribution < -0.4 is 10.3 Å². The summed E-state index contributed by atoms with van der Waals surface area (Å²) >= 11 is 6.74. The summed E-state index contributed by atoms with van der Waals surface area (Å²) in [6.07, 6.45) is 1.73. The van der Waals surface area contributed by atoms with Crippen molar-refractivity contribution in [2.75, 3.05) is 0 Å². The van der Waals surface area contributed by atoms with E-state index in [4.69, 9.17) is 4.74 Å². The lowest BCUT2D eigenvalue weighted by molar-refractivity contribution is 0.143. The number of benzene rings is 1. The van der Waals surface area contributed by atoms with Crippen LogP contribution >= 0.6 is 31.9 Å². The van der Waals surface area contributed by atoms with Gasteiger partial charge in [-0.1, -0.05) is 0 Å². The summed E-state index contributed by atoms with van der Waals surface area (Å²) in [6, 6.07) is 9.10. The van der Waals surface area contributed by atoms with E-state index in [1.54, 1.807) is 35.0 Å². The minimum absolute atomic E-state index is 0.168. The maximum Gasteiger partial charge on any atom is 0.269 e. The zero-order chi connectivity index (χ0) is 17.6. The molecule has 6 heteroatoms. The van der Waals surface area contributed by atoms with Gasteiger partial charge in [0.15, 0.2) is 0 Å². The molecule has 0 saturated carbocycles. The Kier molecular flexibility index (Phi) is 4.18. The van der Waals surface area contributed by atoms with Crippen LogP contribution in [0.4, 0.5) is 0 Å². The molecule has 122 valence electrons. The Bertz CT molecular complexity index is 981. The van der Waals surface area contributed by atoms with E-state index in [2.05, 4.69) is 37.9 Å². The van der Waals surface area contributed by atoms with Crippen LogP contribution in [0.15, 0.2) is 49.8 Å². The highest BCUT2D eigenvalue weighted by atomic mass is 79.9. The van der Waals surface area contributed by atoms with E-state index in [1.807, 2.05) is 20.8 Å². The molecular formula is C18H14Br2N2O2. The largest absolute Gasteiger partial charge is 0.483 e. The third-order valence-electron chi connectivity index (χ3n) is 4.17. The van der Waals surface area contributed by atoms with Gasteiger partial charge in [0.1, 0.15) is 11.4 Å². The summed E-state index contributed by atoms with van der Waals surface area (Å²) in [4.78, 5) is 12.7. The van der Waals surface area contributed by atoms with Crippen molar-refractivity contribution < 1.29 is 4.74 Å². The second kappa shape index (κ2) is 5.91. The van der Waals surface area contributed by atoms with E-state index in [0.717, 1.165) is 21.3 Å². The normalized spacial score (nSPS) is 15.5. The van der Waals surface area contributed by atoms with Crippen LogP contribution in [0, 0.1) is 11.3 Å². The molecule has 0 fully saturated rings. The van der Waals surface area contributed by atoms with E-state index in [9.17, 15) is 10.1 Å². The van der Waals surface area contributed by atoms with Gasteiger partial charge in [-0.25, -0.2) is 0 Å². The van der Waals surface area contributed by atoms with Crippen molar-refractivity contribution >= 4 is 37.6 Å². The summed E-state index contributed by atoms with van der Waals surface area (Å²) < 4.78 is 8.90. The molecule has 1 aliphatic rings. The van der Waals surface area contributed by atoms with Crippen molar-refractivity contribution in [3.8, 4) is 11.8 Å². The summed E-state index contributed by atoms with van der Waals surface area (Å²) in [5, 5.41) is 9.22. The molecule has 4 nitrogen and oxygen atoms in total. The van der Waals surface area contributed by atoms with Gasteiger partial charge in [0.2, 0.25) is 0 Å². The molecule has 0 bridgehead atoms. The van der Waals surface area contributed by atoms with Gasteiger partial charge in [0.25, 0.3) is 5.56 Å². The molecule has 0 N–H and O–H groups in total. The molecule has 24 heavy (non-hydrogen) atoms.